The minimum absolute atomic E-state index is 0.201. The number of ether oxygens (including phenoxy) is 1. The molecule has 4 N–H and O–H groups in total. The van der Waals surface area contributed by atoms with Crippen molar-refractivity contribution in [3.8, 4) is 11.6 Å². The number of aromatic nitrogens is 3. The van der Waals surface area contributed by atoms with Crippen molar-refractivity contribution in [2.45, 2.75) is 6.92 Å². The number of anilines is 1. The van der Waals surface area contributed by atoms with Gasteiger partial charge in [0.25, 0.3) is 5.91 Å². The zero-order chi connectivity index (χ0) is 15.5. The van der Waals surface area contributed by atoms with E-state index in [1.165, 1.54) is 6.20 Å². The first kappa shape index (κ1) is 13.9. The lowest BCUT2D eigenvalue weighted by molar-refractivity contribution is 0.0957. The fraction of sp³-hybridized carbons (Fsp3) is 0.133. The maximum Gasteiger partial charge on any atom is 0.255 e. The summed E-state index contributed by atoms with van der Waals surface area (Å²) >= 11 is 0. The van der Waals surface area contributed by atoms with E-state index in [9.17, 15) is 4.79 Å². The van der Waals surface area contributed by atoms with Gasteiger partial charge in [0.15, 0.2) is 5.65 Å². The molecule has 0 unspecified atom stereocenters. The molecule has 22 heavy (non-hydrogen) atoms. The molecule has 0 fully saturated rings. The van der Waals surface area contributed by atoms with Gasteiger partial charge in [-0.3, -0.25) is 4.79 Å². The Balaban J connectivity index is 1.92. The van der Waals surface area contributed by atoms with E-state index >= 15 is 0 Å². The van der Waals surface area contributed by atoms with Crippen LogP contribution in [0.5, 0.6) is 11.6 Å². The van der Waals surface area contributed by atoms with Crippen molar-refractivity contribution in [1.29, 1.82) is 0 Å². The number of hydrogen-bond donors (Lipinski definition) is 3. The average molecular weight is 297 g/mol. The summed E-state index contributed by atoms with van der Waals surface area (Å²) in [7, 11) is 0. The minimum Gasteiger partial charge on any atom is -0.437 e. The Morgan fingerprint density at radius 2 is 2.14 bits per heavy atom. The second-order valence-corrected chi connectivity index (χ2v) is 4.64. The smallest absolute Gasteiger partial charge is 0.255 e. The highest BCUT2D eigenvalue weighted by molar-refractivity contribution is 6.04. The van der Waals surface area contributed by atoms with E-state index in [0.29, 0.717) is 40.6 Å². The van der Waals surface area contributed by atoms with Crippen LogP contribution in [0.4, 0.5) is 5.69 Å². The van der Waals surface area contributed by atoms with Gasteiger partial charge in [-0.05, 0) is 31.2 Å². The highest BCUT2D eigenvalue weighted by Gasteiger charge is 2.14. The fourth-order valence-corrected chi connectivity index (χ4v) is 2.01. The second-order valence-electron chi connectivity index (χ2n) is 4.64. The minimum atomic E-state index is -0.201. The number of nitrogens with two attached hydrogens (primary N) is 1. The monoisotopic (exact) mass is 297 g/mol. The number of fused-ring (bicyclic) bond motifs is 1. The molecule has 1 amide bonds. The first-order valence-electron chi connectivity index (χ1n) is 6.83. The molecular weight excluding hydrogens is 282 g/mol. The van der Waals surface area contributed by atoms with Gasteiger partial charge in [0.1, 0.15) is 11.3 Å². The van der Waals surface area contributed by atoms with Crippen LogP contribution in [0.3, 0.4) is 0 Å². The Hall–Kier alpha value is -3.09. The first-order valence-corrected chi connectivity index (χ1v) is 6.83. The van der Waals surface area contributed by atoms with Crippen molar-refractivity contribution in [3.63, 3.8) is 0 Å². The fourth-order valence-electron chi connectivity index (χ4n) is 2.01. The largest absolute Gasteiger partial charge is 0.437 e. The number of amides is 1. The number of aromatic amines is 1. The molecule has 0 aliphatic heterocycles. The molecule has 112 valence electrons. The quantitative estimate of drug-likeness (QED) is 0.639. The molecule has 7 nitrogen and oxygen atoms in total. The van der Waals surface area contributed by atoms with Crippen molar-refractivity contribution in [2.75, 3.05) is 12.3 Å². The summed E-state index contributed by atoms with van der Waals surface area (Å²) in [6, 6.07) is 6.95. The molecule has 0 spiro atoms. The van der Waals surface area contributed by atoms with Crippen molar-refractivity contribution in [3.05, 3.63) is 42.2 Å². The molecule has 0 aliphatic rings. The van der Waals surface area contributed by atoms with E-state index in [0.717, 1.165) is 0 Å². The molecule has 7 heteroatoms. The third-order valence-electron chi connectivity index (χ3n) is 3.04. The number of nitrogens with one attached hydrogen (secondary N) is 2. The normalized spacial score (nSPS) is 10.6. The molecule has 0 saturated carbocycles. The predicted octanol–water partition coefficient (Wildman–Crippen LogP) is 2.08. The maximum atomic E-state index is 12.0. The standard InChI is InChI=1S/C15H15N5O2/c1-2-17-15(21)11-7-18-14-13(11)20-12(8-19-14)22-10-5-3-9(16)4-6-10/h3-8H,2,16H2,1H3,(H,17,21)(H,18,19). The number of nitrogen functional groups attached to an aromatic ring is 1. The molecule has 1 aromatic carbocycles. The number of nitrogens with zero attached hydrogens (tertiary/aromatic N) is 2. The third kappa shape index (κ3) is 2.69. The van der Waals surface area contributed by atoms with Crippen molar-refractivity contribution >= 4 is 22.8 Å². The van der Waals surface area contributed by atoms with E-state index in [4.69, 9.17) is 10.5 Å². The van der Waals surface area contributed by atoms with Gasteiger partial charge in [-0.25, -0.2) is 9.97 Å². The van der Waals surface area contributed by atoms with E-state index in [1.54, 1.807) is 30.5 Å². The Bertz CT molecular complexity index is 810. The van der Waals surface area contributed by atoms with Crippen LogP contribution in [0.25, 0.3) is 11.2 Å². The van der Waals surface area contributed by atoms with Gasteiger partial charge < -0.3 is 20.8 Å². The second kappa shape index (κ2) is 5.72. The van der Waals surface area contributed by atoms with Crippen LogP contribution < -0.4 is 15.8 Å². The SMILES string of the molecule is CCNC(=O)c1c[nH]c2ncc(Oc3ccc(N)cc3)nc12. The lowest BCUT2D eigenvalue weighted by atomic mass is 10.3. The van der Waals surface area contributed by atoms with Gasteiger partial charge in [-0.15, -0.1) is 0 Å². The molecule has 0 aliphatic carbocycles. The average Bonchev–Trinajstić information content (AvgIpc) is 2.93. The molecule has 2 heterocycles. The number of rotatable bonds is 4. The van der Waals surface area contributed by atoms with E-state index in [-0.39, 0.29) is 5.91 Å². The summed E-state index contributed by atoms with van der Waals surface area (Å²) in [5.41, 5.74) is 7.72. The van der Waals surface area contributed by atoms with Crippen molar-refractivity contribution in [1.82, 2.24) is 20.3 Å². The Morgan fingerprint density at radius 1 is 1.36 bits per heavy atom. The predicted molar refractivity (Wildman–Crippen MR) is 82.8 cm³/mol. The zero-order valence-corrected chi connectivity index (χ0v) is 12.0. The van der Waals surface area contributed by atoms with E-state index < -0.39 is 0 Å². The van der Waals surface area contributed by atoms with Crippen LogP contribution in [-0.2, 0) is 0 Å². The summed E-state index contributed by atoms with van der Waals surface area (Å²) in [6.45, 7) is 2.40. The lowest BCUT2D eigenvalue weighted by Crippen LogP contribution is -2.22. The molecule has 3 aromatic rings. The van der Waals surface area contributed by atoms with Crippen LogP contribution in [0.1, 0.15) is 17.3 Å². The van der Waals surface area contributed by atoms with Crippen LogP contribution in [0.2, 0.25) is 0 Å². The van der Waals surface area contributed by atoms with Crippen molar-refractivity contribution < 1.29 is 9.53 Å². The summed E-state index contributed by atoms with van der Waals surface area (Å²) < 4.78 is 5.63. The number of hydrogen-bond acceptors (Lipinski definition) is 5. The van der Waals surface area contributed by atoms with Crippen LogP contribution in [-0.4, -0.2) is 27.4 Å². The topological polar surface area (TPSA) is 106 Å². The van der Waals surface area contributed by atoms with Gasteiger partial charge in [0, 0.05) is 18.4 Å². The van der Waals surface area contributed by atoms with Gasteiger partial charge in [-0.2, -0.15) is 0 Å². The van der Waals surface area contributed by atoms with E-state index in [2.05, 4.69) is 20.3 Å². The molecule has 2 aromatic heterocycles. The van der Waals surface area contributed by atoms with Gasteiger partial charge in [0.2, 0.25) is 5.88 Å². The summed E-state index contributed by atoms with van der Waals surface area (Å²) in [6.07, 6.45) is 3.08. The van der Waals surface area contributed by atoms with Crippen LogP contribution in [0, 0.1) is 0 Å². The zero-order valence-electron chi connectivity index (χ0n) is 12.0. The first-order chi connectivity index (χ1) is 10.7. The maximum absolute atomic E-state index is 12.0. The highest BCUT2D eigenvalue weighted by Crippen LogP contribution is 2.23. The van der Waals surface area contributed by atoms with Gasteiger partial charge in [0.05, 0.1) is 11.8 Å². The number of carbonyl (C=O) groups is 1. The molecule has 0 bridgehead atoms. The Morgan fingerprint density at radius 3 is 2.86 bits per heavy atom. The third-order valence-corrected chi connectivity index (χ3v) is 3.04. The van der Waals surface area contributed by atoms with Crippen LogP contribution >= 0.6 is 0 Å². The molecule has 0 saturated heterocycles. The lowest BCUT2D eigenvalue weighted by Gasteiger charge is -2.05. The summed E-state index contributed by atoms with van der Waals surface area (Å²) in [5.74, 6) is 0.702. The van der Waals surface area contributed by atoms with Crippen LogP contribution in [0.15, 0.2) is 36.7 Å². The summed E-state index contributed by atoms with van der Waals surface area (Å²) in [4.78, 5) is 23.5. The van der Waals surface area contributed by atoms with Crippen molar-refractivity contribution in [2.24, 2.45) is 0 Å². The van der Waals surface area contributed by atoms with E-state index in [1.807, 2.05) is 6.92 Å². The number of H-pyrrole nitrogens is 1. The summed E-state index contributed by atoms with van der Waals surface area (Å²) in [5, 5.41) is 2.73. The molecule has 0 atom stereocenters. The Labute approximate surface area is 126 Å². The molecular formula is C15H15N5O2. The highest BCUT2D eigenvalue weighted by atomic mass is 16.5. The van der Waals surface area contributed by atoms with Gasteiger partial charge in [-0.1, -0.05) is 0 Å². The Kier molecular flexibility index (Phi) is 3.61. The number of carbonyl (C=O) groups excluding carboxylic acids is 1. The molecule has 3 rings (SSSR count). The molecule has 0 radical (unpaired) electrons. The van der Waals surface area contributed by atoms with Gasteiger partial charge >= 0.3 is 0 Å². The number of benzene rings is 1.